The number of aliphatic hydroxyl groups is 1. The van der Waals surface area contributed by atoms with Crippen LogP contribution in [0.25, 0.3) is 0 Å². The molecule has 2 aliphatic heterocycles. The number of fused-ring (bicyclic) bond motifs is 4. The van der Waals surface area contributed by atoms with Gasteiger partial charge in [0.25, 0.3) is 0 Å². The fourth-order valence-electron chi connectivity index (χ4n) is 7.85. The van der Waals surface area contributed by atoms with Gasteiger partial charge in [0, 0.05) is 44.2 Å². The summed E-state index contributed by atoms with van der Waals surface area (Å²) >= 11 is 6.41. The number of hydrogen-bond acceptors (Lipinski definition) is 6. The van der Waals surface area contributed by atoms with Crippen molar-refractivity contribution in [3.05, 3.63) is 70.3 Å². The van der Waals surface area contributed by atoms with Crippen LogP contribution >= 0.6 is 11.6 Å². The van der Waals surface area contributed by atoms with Gasteiger partial charge >= 0.3 is 5.97 Å². The van der Waals surface area contributed by atoms with Crippen LogP contribution in [0.1, 0.15) is 55.7 Å². The van der Waals surface area contributed by atoms with Crippen LogP contribution in [0.15, 0.2) is 48.6 Å². The third kappa shape index (κ3) is 5.61. The van der Waals surface area contributed by atoms with Crippen LogP contribution in [0, 0.1) is 17.8 Å². The molecule has 44 heavy (non-hydrogen) atoms. The van der Waals surface area contributed by atoms with Gasteiger partial charge in [0.05, 0.1) is 24.8 Å². The highest BCUT2D eigenvalue weighted by atomic mass is 35.5. The predicted molar refractivity (Wildman–Crippen MR) is 169 cm³/mol. The normalized spacial score (nSPS) is 33.0. The Kier molecular flexibility index (Phi) is 8.46. The second-order valence-corrected chi connectivity index (χ2v) is 13.9. The first kappa shape index (κ1) is 30.9. The molecule has 2 heterocycles. The van der Waals surface area contributed by atoms with Gasteiger partial charge in [0.2, 0.25) is 5.91 Å². The second-order valence-electron chi connectivity index (χ2n) is 13.5. The van der Waals surface area contributed by atoms with Gasteiger partial charge in [0.1, 0.15) is 5.75 Å². The topological polar surface area (TPSA) is 99.5 Å². The first-order valence-corrected chi connectivity index (χ1v) is 16.1. The lowest BCUT2D eigenvalue weighted by Gasteiger charge is -2.46. The van der Waals surface area contributed by atoms with Gasteiger partial charge in [-0.2, -0.15) is 0 Å². The number of amides is 1. The average Bonchev–Trinajstić information content (AvgIpc) is 3.13. The number of nitrogens with zero attached hydrogens (tertiary/aromatic N) is 2. The van der Waals surface area contributed by atoms with Crippen molar-refractivity contribution in [3.8, 4) is 5.75 Å². The molecule has 2 aromatic rings. The number of anilines is 1. The van der Waals surface area contributed by atoms with Crippen molar-refractivity contribution in [1.29, 1.82) is 0 Å². The summed E-state index contributed by atoms with van der Waals surface area (Å²) in [5.41, 5.74) is 0.746. The van der Waals surface area contributed by atoms with Crippen LogP contribution in [-0.2, 0) is 31.8 Å². The van der Waals surface area contributed by atoms with Gasteiger partial charge in [-0.15, -0.1) is 0 Å². The zero-order valence-corrected chi connectivity index (χ0v) is 26.6. The van der Waals surface area contributed by atoms with Crippen LogP contribution in [0.5, 0.6) is 5.75 Å². The van der Waals surface area contributed by atoms with Crippen LogP contribution in [-0.4, -0.2) is 73.5 Å². The Morgan fingerprint density at radius 2 is 1.95 bits per heavy atom. The number of halogens is 1. The molecule has 0 radical (unpaired) electrons. The number of hydrogen-bond donors (Lipinski definition) is 2. The van der Waals surface area contributed by atoms with E-state index in [1.54, 1.807) is 32.4 Å². The van der Waals surface area contributed by atoms with E-state index < -0.39 is 23.9 Å². The van der Waals surface area contributed by atoms with E-state index in [2.05, 4.69) is 29.2 Å². The lowest BCUT2D eigenvalue weighted by Crippen LogP contribution is -2.49. The molecule has 0 aromatic heterocycles. The number of carbonyl (C=O) groups is 2. The molecular formula is C35H43ClN2O6. The molecule has 2 bridgehead atoms. The van der Waals surface area contributed by atoms with E-state index in [1.807, 2.05) is 13.0 Å². The smallest absolute Gasteiger partial charge is 0.340 e. The summed E-state index contributed by atoms with van der Waals surface area (Å²) in [7, 11) is 3.41. The molecule has 0 unspecified atom stereocenters. The minimum Gasteiger partial charge on any atom is -0.490 e. The van der Waals surface area contributed by atoms with E-state index in [1.165, 1.54) is 16.0 Å². The van der Waals surface area contributed by atoms with Crippen LogP contribution < -0.4 is 9.64 Å². The van der Waals surface area contributed by atoms with Crippen LogP contribution in [0.3, 0.4) is 0 Å². The summed E-state index contributed by atoms with van der Waals surface area (Å²) in [5.74, 6) is -0.530. The maximum atomic E-state index is 13.3. The fourth-order valence-corrected chi connectivity index (χ4v) is 8.05. The highest BCUT2D eigenvalue weighted by Gasteiger charge is 2.46. The van der Waals surface area contributed by atoms with Crippen molar-refractivity contribution in [2.45, 2.75) is 62.6 Å². The van der Waals surface area contributed by atoms with Gasteiger partial charge < -0.3 is 29.5 Å². The Labute approximate surface area is 264 Å². The van der Waals surface area contributed by atoms with Gasteiger partial charge in [-0.25, -0.2) is 4.79 Å². The zero-order valence-electron chi connectivity index (χ0n) is 25.8. The lowest BCUT2D eigenvalue weighted by molar-refractivity contribution is -0.164. The molecule has 1 fully saturated rings. The summed E-state index contributed by atoms with van der Waals surface area (Å²) in [5, 5.41) is 22.7. The maximum absolute atomic E-state index is 13.3. The quantitative estimate of drug-likeness (QED) is 0.445. The molecule has 9 heteroatoms. The third-order valence-electron chi connectivity index (χ3n) is 10.5. The number of carboxylic acid groups (broad SMARTS) is 1. The van der Waals surface area contributed by atoms with E-state index in [4.69, 9.17) is 21.1 Å². The Balaban J connectivity index is 1.47. The van der Waals surface area contributed by atoms with E-state index in [9.17, 15) is 19.8 Å². The molecule has 2 aliphatic carbocycles. The van der Waals surface area contributed by atoms with E-state index >= 15 is 0 Å². The number of rotatable bonds is 2. The number of benzene rings is 2. The average molecular weight is 623 g/mol. The predicted octanol–water partition coefficient (Wildman–Crippen LogP) is 5.18. The van der Waals surface area contributed by atoms with Gasteiger partial charge in [-0.1, -0.05) is 42.8 Å². The van der Waals surface area contributed by atoms with Crippen molar-refractivity contribution in [3.63, 3.8) is 0 Å². The van der Waals surface area contributed by atoms with E-state index in [0.717, 1.165) is 49.4 Å². The minimum atomic E-state index is -2.39. The largest absolute Gasteiger partial charge is 0.490 e. The number of aryl methyl sites for hydroxylation is 1. The first-order valence-electron chi connectivity index (χ1n) is 15.7. The number of aliphatic carboxylic acids is 1. The van der Waals surface area contributed by atoms with Crippen molar-refractivity contribution in [2.24, 2.45) is 17.8 Å². The molecule has 1 spiro atoms. The molecule has 0 saturated heterocycles. The molecule has 6 atom stereocenters. The van der Waals surface area contributed by atoms with Crippen molar-refractivity contribution in [2.75, 3.05) is 45.3 Å². The molecule has 6 rings (SSSR count). The van der Waals surface area contributed by atoms with Crippen molar-refractivity contribution in [1.82, 2.24) is 4.90 Å². The van der Waals surface area contributed by atoms with Gasteiger partial charge in [-0.3, -0.25) is 4.79 Å². The Bertz CT molecular complexity index is 1460. The standard InChI is InChI=1S/C35H43ClN2O6/c1-22-6-12-30(43-3)27-10-7-24(27)19-38-20-34(14-4-5-23-15-26(36)9-11-28(23)34)21-44-31-13-8-25(16-29(31)38)35(42,33(40)41)17-32(39)37(2)18-22/h6,8-9,11-13,15-16,22,24,27,30,42H,4-5,7,10,14,17-21H2,1-3H3,(H,40,41)/b12-6+/t22-,24-,27+,30-,34-,35-/m0/s1. The molecule has 2 N–H and O–H groups in total. The molecule has 236 valence electrons. The number of carbonyl (C=O) groups excluding carboxylic acids is 1. The van der Waals surface area contributed by atoms with Crippen LogP contribution in [0.4, 0.5) is 5.69 Å². The molecule has 8 nitrogen and oxygen atoms in total. The molecule has 1 amide bonds. The molecule has 4 aliphatic rings. The Morgan fingerprint density at radius 1 is 1.14 bits per heavy atom. The molecular weight excluding hydrogens is 580 g/mol. The molecule has 2 aromatic carbocycles. The van der Waals surface area contributed by atoms with Gasteiger partial charge in [0.15, 0.2) is 5.60 Å². The minimum absolute atomic E-state index is 0.0272. The highest BCUT2D eigenvalue weighted by Crippen LogP contribution is 2.47. The van der Waals surface area contributed by atoms with Crippen molar-refractivity contribution < 1.29 is 29.3 Å². The summed E-state index contributed by atoms with van der Waals surface area (Å²) in [6, 6.07) is 11.3. The van der Waals surface area contributed by atoms with E-state index in [-0.39, 0.29) is 23.0 Å². The number of carboxylic acids is 1. The fraction of sp³-hybridized carbons (Fsp3) is 0.543. The molecule has 1 saturated carbocycles. The monoisotopic (exact) mass is 622 g/mol. The Morgan fingerprint density at radius 3 is 2.68 bits per heavy atom. The summed E-state index contributed by atoms with van der Waals surface area (Å²) < 4.78 is 12.6. The van der Waals surface area contributed by atoms with Gasteiger partial charge in [-0.05, 0) is 90.8 Å². The third-order valence-corrected chi connectivity index (χ3v) is 10.8. The number of ether oxygens (including phenoxy) is 2. The second kappa shape index (κ2) is 12.0. The summed E-state index contributed by atoms with van der Waals surface area (Å²) in [6.07, 6.45) is 8.66. The summed E-state index contributed by atoms with van der Waals surface area (Å²) in [4.78, 5) is 29.8. The maximum Gasteiger partial charge on any atom is 0.340 e. The highest BCUT2D eigenvalue weighted by molar-refractivity contribution is 6.30. The van der Waals surface area contributed by atoms with Crippen molar-refractivity contribution >= 4 is 29.2 Å². The zero-order chi connectivity index (χ0) is 31.2. The lowest BCUT2D eigenvalue weighted by atomic mass is 9.68. The SMILES string of the molecule is CO[C@H]1/C=C/[C@H](C)CN(C)C(=O)C[C@@](O)(C(=O)O)c2ccc3c(c2)N(C[C@@H]2CC[C@H]21)C[C@@]1(CCCc2cc(Cl)ccc21)CO3. The van der Waals surface area contributed by atoms with Crippen LogP contribution in [0.2, 0.25) is 5.02 Å². The number of methoxy groups -OCH3 is 1. The first-order chi connectivity index (χ1) is 21.0. The van der Waals surface area contributed by atoms with E-state index in [0.29, 0.717) is 37.3 Å². The Hall–Kier alpha value is -3.07. The summed E-state index contributed by atoms with van der Waals surface area (Å²) in [6.45, 7) is 4.32.